The highest BCUT2D eigenvalue weighted by atomic mass is 16.5. The Labute approximate surface area is 113 Å². The molecule has 19 heavy (non-hydrogen) atoms. The number of nitrogens with two attached hydrogens (primary N) is 1. The smallest absolute Gasteiger partial charge is 0.305 e. The molecule has 1 aromatic rings. The van der Waals surface area contributed by atoms with Gasteiger partial charge >= 0.3 is 5.97 Å². The highest BCUT2D eigenvalue weighted by Gasteiger charge is 2.21. The van der Waals surface area contributed by atoms with Gasteiger partial charge < -0.3 is 20.3 Å². The molecular formula is C14H21NO4. The third-order valence-corrected chi connectivity index (χ3v) is 3.02. The monoisotopic (exact) mass is 267 g/mol. The van der Waals surface area contributed by atoms with Crippen molar-refractivity contribution in [3.63, 3.8) is 0 Å². The first-order chi connectivity index (χ1) is 8.99. The summed E-state index contributed by atoms with van der Waals surface area (Å²) < 4.78 is 9.76. The van der Waals surface area contributed by atoms with Crippen molar-refractivity contribution < 1.29 is 19.4 Å². The van der Waals surface area contributed by atoms with Crippen molar-refractivity contribution in [1.82, 2.24) is 0 Å². The Balaban J connectivity index is 2.78. The number of carbonyl (C=O) groups excluding carboxylic acids is 1. The molecule has 0 radical (unpaired) electrons. The maximum absolute atomic E-state index is 11.1. The van der Waals surface area contributed by atoms with Gasteiger partial charge in [0.2, 0.25) is 0 Å². The predicted molar refractivity (Wildman–Crippen MR) is 71.9 cm³/mol. The normalized spacial score (nSPS) is 13.7. The van der Waals surface area contributed by atoms with E-state index in [1.165, 1.54) is 7.11 Å². The van der Waals surface area contributed by atoms with Crippen LogP contribution < -0.4 is 10.5 Å². The Hall–Kier alpha value is -1.59. The lowest BCUT2D eigenvalue weighted by Gasteiger charge is -2.21. The minimum atomic E-state index is -0.875. The average molecular weight is 267 g/mol. The molecule has 1 rings (SSSR count). The molecule has 0 aliphatic carbocycles. The fraction of sp³-hybridized carbons (Fsp3) is 0.500. The Bertz CT molecular complexity index is 433. The lowest BCUT2D eigenvalue weighted by molar-refractivity contribution is -0.140. The van der Waals surface area contributed by atoms with E-state index < -0.39 is 12.1 Å². The molecule has 0 spiro atoms. The number of methoxy groups -OCH3 is 2. The van der Waals surface area contributed by atoms with Gasteiger partial charge in [0.1, 0.15) is 5.75 Å². The second kappa shape index (κ2) is 7.11. The number of hydrogen-bond donors (Lipinski definition) is 2. The number of aliphatic hydroxyl groups excluding tert-OH is 1. The van der Waals surface area contributed by atoms with Crippen molar-refractivity contribution in [3.05, 3.63) is 29.3 Å². The quantitative estimate of drug-likeness (QED) is 0.760. The van der Waals surface area contributed by atoms with Crippen LogP contribution in [0.1, 0.15) is 30.1 Å². The van der Waals surface area contributed by atoms with Gasteiger partial charge in [-0.1, -0.05) is 11.6 Å². The molecule has 0 saturated heterocycles. The molecule has 0 aromatic heterocycles. The molecule has 0 heterocycles. The molecular weight excluding hydrogens is 246 g/mol. The van der Waals surface area contributed by atoms with Crippen molar-refractivity contribution >= 4 is 5.97 Å². The van der Waals surface area contributed by atoms with E-state index in [9.17, 15) is 9.90 Å². The summed E-state index contributed by atoms with van der Waals surface area (Å²) in [5.41, 5.74) is 7.56. The minimum Gasteiger partial charge on any atom is -0.496 e. The number of carbonyl (C=O) groups is 1. The summed E-state index contributed by atoms with van der Waals surface area (Å²) in [5.74, 6) is 0.255. The van der Waals surface area contributed by atoms with Gasteiger partial charge in [0.25, 0.3) is 0 Å². The molecule has 5 nitrogen and oxygen atoms in total. The van der Waals surface area contributed by atoms with E-state index in [1.807, 2.05) is 19.1 Å². The largest absolute Gasteiger partial charge is 0.496 e. The van der Waals surface area contributed by atoms with Gasteiger partial charge in [-0.15, -0.1) is 0 Å². The standard InChI is InChI=1S/C14H21NO4/c1-9-4-6-12(18-2)10(8-9)14(17)11(15)5-7-13(16)19-3/h4,6,8,11,14,17H,5,7,15H2,1-3H3. The average Bonchev–Trinajstić information content (AvgIpc) is 2.43. The molecule has 3 N–H and O–H groups in total. The lowest BCUT2D eigenvalue weighted by Crippen LogP contribution is -2.29. The molecule has 2 unspecified atom stereocenters. The van der Waals surface area contributed by atoms with E-state index in [1.54, 1.807) is 13.2 Å². The lowest BCUT2D eigenvalue weighted by atomic mass is 9.97. The van der Waals surface area contributed by atoms with Crippen molar-refractivity contribution in [2.45, 2.75) is 31.9 Å². The first-order valence-electron chi connectivity index (χ1n) is 6.14. The number of rotatable bonds is 6. The van der Waals surface area contributed by atoms with Crippen molar-refractivity contribution in [2.24, 2.45) is 5.73 Å². The first kappa shape index (κ1) is 15.5. The first-order valence-corrected chi connectivity index (χ1v) is 6.14. The highest BCUT2D eigenvalue weighted by molar-refractivity contribution is 5.69. The molecule has 106 valence electrons. The fourth-order valence-electron chi connectivity index (χ4n) is 1.86. The van der Waals surface area contributed by atoms with Crippen LogP contribution in [0, 0.1) is 6.92 Å². The summed E-state index contributed by atoms with van der Waals surface area (Å²) in [6.07, 6.45) is -0.340. The van der Waals surface area contributed by atoms with Gasteiger partial charge in [-0.25, -0.2) is 0 Å². The van der Waals surface area contributed by atoms with E-state index >= 15 is 0 Å². The molecule has 5 heteroatoms. The third kappa shape index (κ3) is 4.22. The predicted octanol–water partition coefficient (Wildman–Crippen LogP) is 1.32. The van der Waals surface area contributed by atoms with Crippen molar-refractivity contribution in [1.29, 1.82) is 0 Å². The van der Waals surface area contributed by atoms with Crippen LogP contribution in [0.2, 0.25) is 0 Å². The van der Waals surface area contributed by atoms with E-state index in [-0.39, 0.29) is 12.4 Å². The van der Waals surface area contributed by atoms with Crippen LogP contribution in [0.4, 0.5) is 0 Å². The number of esters is 1. The van der Waals surface area contributed by atoms with Gasteiger partial charge in [-0.2, -0.15) is 0 Å². The van der Waals surface area contributed by atoms with E-state index in [0.717, 1.165) is 5.56 Å². The summed E-state index contributed by atoms with van der Waals surface area (Å²) in [7, 11) is 2.87. The van der Waals surface area contributed by atoms with Crippen LogP contribution in [0.5, 0.6) is 5.75 Å². The number of ether oxygens (including phenoxy) is 2. The molecule has 0 aliphatic rings. The van der Waals surface area contributed by atoms with Crippen molar-refractivity contribution in [3.8, 4) is 5.75 Å². The van der Waals surface area contributed by atoms with E-state index in [2.05, 4.69) is 4.74 Å². The van der Waals surface area contributed by atoms with Crippen LogP contribution in [0.25, 0.3) is 0 Å². The minimum absolute atomic E-state index is 0.183. The van der Waals surface area contributed by atoms with Crippen LogP contribution >= 0.6 is 0 Å². The summed E-state index contributed by atoms with van der Waals surface area (Å²) in [6.45, 7) is 1.93. The van der Waals surface area contributed by atoms with Crippen molar-refractivity contribution in [2.75, 3.05) is 14.2 Å². The maximum atomic E-state index is 11.1. The molecule has 0 amide bonds. The molecule has 0 aliphatic heterocycles. The molecule has 0 bridgehead atoms. The number of benzene rings is 1. The summed E-state index contributed by atoms with van der Waals surface area (Å²) >= 11 is 0. The van der Waals surface area contributed by atoms with Gasteiger partial charge in [-0.05, 0) is 25.5 Å². The van der Waals surface area contributed by atoms with Gasteiger partial charge in [0, 0.05) is 18.0 Å². The molecule has 0 fully saturated rings. The van der Waals surface area contributed by atoms with E-state index in [0.29, 0.717) is 17.7 Å². The van der Waals surface area contributed by atoms with E-state index in [4.69, 9.17) is 10.5 Å². The number of aryl methyl sites for hydroxylation is 1. The SMILES string of the molecule is COC(=O)CCC(N)C(O)c1cc(C)ccc1OC. The maximum Gasteiger partial charge on any atom is 0.305 e. The van der Waals surface area contributed by atoms with Gasteiger partial charge in [0.05, 0.1) is 20.3 Å². The Morgan fingerprint density at radius 3 is 2.68 bits per heavy atom. The van der Waals surface area contributed by atoms with Gasteiger partial charge in [0.15, 0.2) is 0 Å². The zero-order valence-corrected chi connectivity index (χ0v) is 11.6. The zero-order valence-electron chi connectivity index (χ0n) is 11.6. The van der Waals surface area contributed by atoms with Crippen LogP contribution in [-0.4, -0.2) is 31.3 Å². The number of aliphatic hydroxyl groups is 1. The molecule has 0 saturated carbocycles. The Morgan fingerprint density at radius 1 is 1.42 bits per heavy atom. The van der Waals surface area contributed by atoms with Crippen LogP contribution in [-0.2, 0) is 9.53 Å². The second-order valence-electron chi connectivity index (χ2n) is 4.47. The van der Waals surface area contributed by atoms with Crippen LogP contribution in [0.15, 0.2) is 18.2 Å². The Kier molecular flexibility index (Phi) is 5.79. The number of hydrogen-bond acceptors (Lipinski definition) is 5. The molecule has 1 aromatic carbocycles. The van der Waals surface area contributed by atoms with Crippen LogP contribution in [0.3, 0.4) is 0 Å². The summed E-state index contributed by atoms with van der Waals surface area (Å²) in [4.78, 5) is 11.1. The summed E-state index contributed by atoms with van der Waals surface area (Å²) in [6, 6.07) is 4.98. The van der Waals surface area contributed by atoms with Gasteiger partial charge in [-0.3, -0.25) is 4.79 Å². The summed E-state index contributed by atoms with van der Waals surface area (Å²) in [5, 5.41) is 10.3. The highest BCUT2D eigenvalue weighted by Crippen LogP contribution is 2.28. The molecule has 2 atom stereocenters. The topological polar surface area (TPSA) is 81.8 Å². The second-order valence-corrected chi connectivity index (χ2v) is 4.47. The third-order valence-electron chi connectivity index (χ3n) is 3.02. The zero-order chi connectivity index (χ0) is 14.4. The fourth-order valence-corrected chi connectivity index (χ4v) is 1.86. The Morgan fingerprint density at radius 2 is 2.11 bits per heavy atom.